The van der Waals surface area contributed by atoms with E-state index < -0.39 is 0 Å². The largest absolute Gasteiger partial charge is 0.369 e. The third-order valence-electron chi connectivity index (χ3n) is 6.08. The Labute approximate surface area is 178 Å². The summed E-state index contributed by atoms with van der Waals surface area (Å²) >= 11 is 5.77. The molecule has 0 amide bonds. The molecule has 28 heavy (non-hydrogen) atoms. The summed E-state index contributed by atoms with van der Waals surface area (Å²) in [4.78, 5) is 20.1. The summed E-state index contributed by atoms with van der Waals surface area (Å²) in [6.45, 7) is 4.52. The Balaban J connectivity index is 0.00000225. The molecule has 1 aromatic heterocycles. The molecule has 4 rings (SSSR count). The summed E-state index contributed by atoms with van der Waals surface area (Å²) < 4.78 is 0. The number of piperazine rings is 1. The van der Waals surface area contributed by atoms with Crippen molar-refractivity contribution >= 4 is 29.7 Å². The maximum absolute atomic E-state index is 12.0. The highest BCUT2D eigenvalue weighted by Crippen LogP contribution is 2.26. The number of aromatic nitrogens is 1. The lowest BCUT2D eigenvalue weighted by Gasteiger charge is -2.41. The van der Waals surface area contributed by atoms with Crippen LogP contribution in [0, 0.1) is 0 Å². The zero-order valence-electron chi connectivity index (χ0n) is 16.2. The first kappa shape index (κ1) is 21.2. The maximum atomic E-state index is 12.0. The van der Waals surface area contributed by atoms with Gasteiger partial charge in [0.25, 0.3) is 5.56 Å². The summed E-state index contributed by atoms with van der Waals surface area (Å²) in [6, 6.07) is 13.1. The molecule has 1 aliphatic heterocycles. The van der Waals surface area contributed by atoms with Gasteiger partial charge in [0.05, 0.1) is 5.88 Å². The number of halogens is 2. The van der Waals surface area contributed by atoms with Crippen LogP contribution in [0.2, 0.25) is 0 Å². The van der Waals surface area contributed by atoms with Crippen LogP contribution in [-0.4, -0.2) is 42.1 Å². The van der Waals surface area contributed by atoms with Crippen LogP contribution in [0.15, 0.2) is 41.2 Å². The Morgan fingerprint density at radius 3 is 2.21 bits per heavy atom. The molecule has 0 atom stereocenters. The van der Waals surface area contributed by atoms with Gasteiger partial charge < -0.3 is 9.88 Å². The van der Waals surface area contributed by atoms with Gasteiger partial charge in [-0.05, 0) is 36.6 Å². The first-order chi connectivity index (χ1) is 13.2. The van der Waals surface area contributed by atoms with E-state index in [0.29, 0.717) is 5.56 Å². The zero-order valence-corrected chi connectivity index (χ0v) is 17.8. The van der Waals surface area contributed by atoms with Crippen molar-refractivity contribution in [2.75, 3.05) is 31.1 Å². The number of rotatable bonds is 4. The van der Waals surface area contributed by atoms with Crippen LogP contribution < -0.4 is 10.5 Å². The Hall–Kier alpha value is -1.49. The van der Waals surface area contributed by atoms with Gasteiger partial charge in [-0.2, -0.15) is 0 Å². The van der Waals surface area contributed by atoms with Crippen molar-refractivity contribution in [3.8, 4) is 11.3 Å². The van der Waals surface area contributed by atoms with Gasteiger partial charge in [-0.25, -0.2) is 0 Å². The number of anilines is 1. The molecular formula is C22H29Cl2N3O. The van der Waals surface area contributed by atoms with Gasteiger partial charge in [0, 0.05) is 49.2 Å². The van der Waals surface area contributed by atoms with E-state index in [-0.39, 0.29) is 23.8 Å². The van der Waals surface area contributed by atoms with E-state index >= 15 is 0 Å². The smallest absolute Gasteiger partial charge is 0.252 e. The zero-order chi connectivity index (χ0) is 18.6. The molecule has 152 valence electrons. The molecule has 2 aromatic rings. The van der Waals surface area contributed by atoms with E-state index in [9.17, 15) is 4.79 Å². The lowest BCUT2D eigenvalue weighted by atomic mass is 9.94. The SMILES string of the molecule is Cl.O=c1[nH]c(-c2ccc(N3CCN(C4CCCCC4)CC3)cc2)ccc1CCl. The topological polar surface area (TPSA) is 39.3 Å². The highest BCUT2D eigenvalue weighted by molar-refractivity contribution is 6.17. The molecular weight excluding hydrogens is 393 g/mol. The number of nitrogens with zero attached hydrogens (tertiary/aromatic N) is 2. The average molecular weight is 422 g/mol. The Bertz CT molecular complexity index is 807. The van der Waals surface area contributed by atoms with Crippen molar-refractivity contribution in [2.45, 2.75) is 44.0 Å². The molecule has 1 aliphatic carbocycles. The molecule has 0 radical (unpaired) electrons. The molecule has 6 heteroatoms. The van der Waals surface area contributed by atoms with Gasteiger partial charge >= 0.3 is 0 Å². The van der Waals surface area contributed by atoms with Gasteiger partial charge in [-0.3, -0.25) is 9.69 Å². The van der Waals surface area contributed by atoms with Crippen molar-refractivity contribution in [2.24, 2.45) is 0 Å². The van der Waals surface area contributed by atoms with Crippen LogP contribution in [0.5, 0.6) is 0 Å². The number of hydrogen-bond donors (Lipinski definition) is 1. The van der Waals surface area contributed by atoms with Crippen molar-refractivity contribution in [1.29, 1.82) is 0 Å². The van der Waals surface area contributed by atoms with Gasteiger partial charge in [0.2, 0.25) is 0 Å². The molecule has 2 fully saturated rings. The van der Waals surface area contributed by atoms with E-state index in [2.05, 4.69) is 39.0 Å². The third kappa shape index (κ3) is 4.73. The molecule has 0 spiro atoms. The van der Waals surface area contributed by atoms with Crippen molar-refractivity contribution in [3.63, 3.8) is 0 Å². The van der Waals surface area contributed by atoms with E-state index in [1.54, 1.807) is 6.07 Å². The monoisotopic (exact) mass is 421 g/mol. The Kier molecular flexibility index (Phi) is 7.44. The van der Waals surface area contributed by atoms with E-state index in [0.717, 1.165) is 30.4 Å². The molecule has 1 saturated carbocycles. The lowest BCUT2D eigenvalue weighted by molar-refractivity contribution is 0.148. The number of nitrogens with one attached hydrogen (secondary N) is 1. The summed E-state index contributed by atoms with van der Waals surface area (Å²) in [5, 5.41) is 0. The second kappa shape index (κ2) is 9.82. The van der Waals surface area contributed by atoms with Crippen LogP contribution >= 0.6 is 24.0 Å². The van der Waals surface area contributed by atoms with E-state index in [1.807, 2.05) is 6.07 Å². The van der Waals surface area contributed by atoms with Crippen LogP contribution in [0.25, 0.3) is 11.3 Å². The van der Waals surface area contributed by atoms with Gasteiger partial charge in [0.15, 0.2) is 0 Å². The number of alkyl halides is 1. The van der Waals surface area contributed by atoms with Crippen molar-refractivity contribution < 1.29 is 0 Å². The second-order valence-electron chi connectivity index (χ2n) is 7.72. The highest BCUT2D eigenvalue weighted by Gasteiger charge is 2.25. The first-order valence-corrected chi connectivity index (χ1v) is 10.7. The number of pyridine rings is 1. The fourth-order valence-electron chi connectivity index (χ4n) is 4.42. The molecule has 0 bridgehead atoms. The summed E-state index contributed by atoms with van der Waals surface area (Å²) in [5.74, 6) is 0.237. The van der Waals surface area contributed by atoms with Crippen LogP contribution in [-0.2, 0) is 5.88 Å². The van der Waals surface area contributed by atoms with Crippen molar-refractivity contribution in [1.82, 2.24) is 9.88 Å². The average Bonchev–Trinajstić information content (AvgIpc) is 2.74. The molecule has 1 aromatic carbocycles. The third-order valence-corrected chi connectivity index (χ3v) is 6.37. The fourth-order valence-corrected chi connectivity index (χ4v) is 4.63. The van der Waals surface area contributed by atoms with Crippen LogP contribution in [0.3, 0.4) is 0 Å². The number of hydrogen-bond acceptors (Lipinski definition) is 3. The number of aromatic amines is 1. The maximum Gasteiger partial charge on any atom is 0.252 e. The minimum atomic E-state index is -0.106. The van der Waals surface area contributed by atoms with E-state index in [4.69, 9.17) is 11.6 Å². The van der Waals surface area contributed by atoms with Gasteiger partial charge in [-0.15, -0.1) is 24.0 Å². The van der Waals surface area contributed by atoms with Crippen LogP contribution in [0.4, 0.5) is 5.69 Å². The standard InChI is InChI=1S/C22H28ClN3O.ClH/c23-16-18-8-11-21(24-22(18)27)17-6-9-20(10-7-17)26-14-12-25(13-15-26)19-4-2-1-3-5-19;/h6-11,19H,1-5,12-16H2,(H,24,27);1H. The Morgan fingerprint density at radius 2 is 1.61 bits per heavy atom. The number of H-pyrrole nitrogens is 1. The van der Waals surface area contributed by atoms with Crippen LogP contribution in [0.1, 0.15) is 37.7 Å². The molecule has 1 N–H and O–H groups in total. The predicted molar refractivity (Wildman–Crippen MR) is 120 cm³/mol. The molecule has 2 aliphatic rings. The molecule has 4 nitrogen and oxygen atoms in total. The Morgan fingerprint density at radius 1 is 0.929 bits per heavy atom. The first-order valence-electron chi connectivity index (χ1n) is 10.1. The molecule has 1 saturated heterocycles. The summed E-state index contributed by atoms with van der Waals surface area (Å²) in [7, 11) is 0. The predicted octanol–water partition coefficient (Wildman–Crippen LogP) is 4.66. The summed E-state index contributed by atoms with van der Waals surface area (Å²) in [6.07, 6.45) is 6.99. The normalized spacial score (nSPS) is 18.7. The molecule has 2 heterocycles. The highest BCUT2D eigenvalue weighted by atomic mass is 35.5. The van der Waals surface area contributed by atoms with Gasteiger partial charge in [0.1, 0.15) is 0 Å². The fraction of sp³-hybridized carbons (Fsp3) is 0.500. The van der Waals surface area contributed by atoms with Crippen molar-refractivity contribution in [3.05, 3.63) is 52.3 Å². The molecule has 0 unspecified atom stereocenters. The summed E-state index contributed by atoms with van der Waals surface area (Å²) in [5.41, 5.74) is 3.63. The second-order valence-corrected chi connectivity index (χ2v) is 7.99. The van der Waals surface area contributed by atoms with Gasteiger partial charge in [-0.1, -0.05) is 37.5 Å². The minimum absolute atomic E-state index is 0. The lowest BCUT2D eigenvalue weighted by Crippen LogP contribution is -2.50. The number of benzene rings is 1. The quantitative estimate of drug-likeness (QED) is 0.729. The van der Waals surface area contributed by atoms with E-state index in [1.165, 1.54) is 50.9 Å². The minimum Gasteiger partial charge on any atom is -0.369 e.